The molecule has 1 N–H and O–H groups in total. The van der Waals surface area contributed by atoms with Crippen LogP contribution in [-0.4, -0.2) is 15.9 Å². The number of hydrogen-bond acceptors (Lipinski definition) is 3. The number of nitrogens with zero attached hydrogens (tertiary/aromatic N) is 2. The highest BCUT2D eigenvalue weighted by Gasteiger charge is 2.05. The van der Waals surface area contributed by atoms with Gasteiger partial charge in [-0.05, 0) is 32.0 Å². The molecule has 0 radical (unpaired) electrons. The molecule has 0 spiro atoms. The van der Waals surface area contributed by atoms with Crippen LogP contribution in [0.1, 0.15) is 19.4 Å². The quantitative estimate of drug-likeness (QED) is 0.873. The Morgan fingerprint density at radius 3 is 2.90 bits per heavy atom. The summed E-state index contributed by atoms with van der Waals surface area (Å²) in [7, 11) is 0. The lowest BCUT2D eigenvalue weighted by Gasteiger charge is -2.12. The van der Waals surface area contributed by atoms with Gasteiger partial charge in [0.15, 0.2) is 0 Å². The van der Waals surface area contributed by atoms with Crippen molar-refractivity contribution in [3.05, 3.63) is 47.8 Å². The molecular weight excluding hydrogens is 274 g/mol. The molecule has 0 fully saturated rings. The molecule has 0 atom stereocenters. The molecule has 2 rings (SSSR count). The molecule has 2 aromatic rings. The van der Waals surface area contributed by atoms with Gasteiger partial charge >= 0.3 is 0 Å². The van der Waals surface area contributed by atoms with E-state index < -0.39 is 0 Å². The van der Waals surface area contributed by atoms with Gasteiger partial charge in [0.1, 0.15) is 5.75 Å². The molecule has 1 aromatic carbocycles. The van der Waals surface area contributed by atoms with E-state index in [0.717, 1.165) is 11.3 Å². The van der Waals surface area contributed by atoms with Crippen LogP contribution >= 0.6 is 11.6 Å². The van der Waals surface area contributed by atoms with Crippen LogP contribution in [0.2, 0.25) is 5.02 Å². The maximum atomic E-state index is 6.19. The highest BCUT2D eigenvalue weighted by atomic mass is 35.5. The first kappa shape index (κ1) is 14.5. The van der Waals surface area contributed by atoms with Crippen LogP contribution in [0.3, 0.4) is 0 Å². The van der Waals surface area contributed by atoms with Crippen LogP contribution in [0.4, 0.5) is 5.69 Å². The predicted octanol–water partition coefficient (Wildman–Crippen LogP) is 4.04. The van der Waals surface area contributed by atoms with Gasteiger partial charge in [-0.1, -0.05) is 18.2 Å². The van der Waals surface area contributed by atoms with Crippen LogP contribution in [0.15, 0.2) is 37.2 Å². The molecule has 0 bridgehead atoms. The fourth-order valence-electron chi connectivity index (χ4n) is 1.73. The highest BCUT2D eigenvalue weighted by molar-refractivity contribution is 6.32. The molecule has 0 saturated carbocycles. The van der Waals surface area contributed by atoms with Crippen LogP contribution in [-0.2, 0) is 6.54 Å². The number of hydrogen-bond donors (Lipinski definition) is 1. The zero-order valence-electron chi connectivity index (χ0n) is 11.6. The highest BCUT2D eigenvalue weighted by Crippen LogP contribution is 2.28. The average Bonchev–Trinajstić information content (AvgIpc) is 2.87. The third kappa shape index (κ3) is 3.78. The Hall–Kier alpha value is -1.94. The van der Waals surface area contributed by atoms with E-state index in [1.54, 1.807) is 17.1 Å². The number of halogens is 1. The zero-order chi connectivity index (χ0) is 14.5. The van der Waals surface area contributed by atoms with E-state index in [1.807, 2.05) is 38.2 Å². The first-order valence-corrected chi connectivity index (χ1v) is 6.82. The van der Waals surface area contributed by atoms with Gasteiger partial charge in [-0.25, -0.2) is 4.68 Å². The minimum atomic E-state index is 0.107. The van der Waals surface area contributed by atoms with Crippen molar-refractivity contribution in [2.24, 2.45) is 0 Å². The number of ether oxygens (including phenoxy) is 1. The molecule has 0 aliphatic carbocycles. The van der Waals surface area contributed by atoms with E-state index in [0.29, 0.717) is 17.3 Å². The summed E-state index contributed by atoms with van der Waals surface area (Å²) < 4.78 is 7.27. The summed E-state index contributed by atoms with van der Waals surface area (Å²) in [5.41, 5.74) is 2.01. The summed E-state index contributed by atoms with van der Waals surface area (Å²) in [4.78, 5) is 0. The predicted molar refractivity (Wildman–Crippen MR) is 83.2 cm³/mol. The van der Waals surface area contributed by atoms with Gasteiger partial charge in [0.2, 0.25) is 0 Å². The van der Waals surface area contributed by atoms with Crippen molar-refractivity contribution < 1.29 is 4.74 Å². The van der Waals surface area contributed by atoms with E-state index in [-0.39, 0.29) is 6.10 Å². The number of aromatic nitrogens is 2. The SMILES string of the molecule is C=Cn1cc(CNc2ccc(OC(C)C)c(Cl)c2)cn1. The molecule has 106 valence electrons. The molecule has 1 aromatic heterocycles. The van der Waals surface area contributed by atoms with E-state index in [4.69, 9.17) is 16.3 Å². The fourth-order valence-corrected chi connectivity index (χ4v) is 1.96. The summed E-state index contributed by atoms with van der Waals surface area (Å²) >= 11 is 6.19. The number of benzene rings is 1. The Kier molecular flexibility index (Phi) is 4.69. The van der Waals surface area contributed by atoms with E-state index in [9.17, 15) is 0 Å². The summed E-state index contributed by atoms with van der Waals surface area (Å²) in [5, 5.41) is 8.02. The van der Waals surface area contributed by atoms with Gasteiger partial charge < -0.3 is 10.1 Å². The van der Waals surface area contributed by atoms with Crippen molar-refractivity contribution in [2.75, 3.05) is 5.32 Å². The monoisotopic (exact) mass is 291 g/mol. The molecule has 20 heavy (non-hydrogen) atoms. The van der Waals surface area contributed by atoms with Crippen molar-refractivity contribution >= 4 is 23.5 Å². The minimum Gasteiger partial charge on any atom is -0.489 e. The molecule has 0 saturated heterocycles. The Morgan fingerprint density at radius 1 is 1.50 bits per heavy atom. The largest absolute Gasteiger partial charge is 0.489 e. The van der Waals surface area contributed by atoms with Crippen molar-refractivity contribution in [3.8, 4) is 5.75 Å². The molecule has 0 amide bonds. The Bertz CT molecular complexity index is 593. The van der Waals surface area contributed by atoms with Crippen LogP contribution in [0, 0.1) is 0 Å². The molecule has 0 unspecified atom stereocenters. The fraction of sp³-hybridized carbons (Fsp3) is 0.267. The Balaban J connectivity index is 1.99. The molecule has 1 heterocycles. The van der Waals surface area contributed by atoms with Crippen molar-refractivity contribution in [1.82, 2.24) is 9.78 Å². The van der Waals surface area contributed by atoms with Crippen LogP contribution < -0.4 is 10.1 Å². The summed E-state index contributed by atoms with van der Waals surface area (Å²) in [6.45, 7) is 8.28. The summed E-state index contributed by atoms with van der Waals surface area (Å²) in [5.74, 6) is 0.701. The average molecular weight is 292 g/mol. The third-order valence-corrected chi connectivity index (χ3v) is 2.93. The second kappa shape index (κ2) is 6.48. The minimum absolute atomic E-state index is 0.107. The smallest absolute Gasteiger partial charge is 0.138 e. The lowest BCUT2D eigenvalue weighted by atomic mass is 10.2. The normalized spacial score (nSPS) is 10.6. The summed E-state index contributed by atoms with van der Waals surface area (Å²) in [6.07, 6.45) is 5.47. The van der Waals surface area contributed by atoms with Gasteiger partial charge in [-0.15, -0.1) is 0 Å². The second-order valence-electron chi connectivity index (χ2n) is 4.68. The third-order valence-electron chi connectivity index (χ3n) is 2.63. The van der Waals surface area contributed by atoms with Gasteiger partial charge in [-0.3, -0.25) is 0 Å². The number of rotatable bonds is 6. The van der Waals surface area contributed by atoms with Gasteiger partial charge in [-0.2, -0.15) is 5.10 Å². The maximum Gasteiger partial charge on any atom is 0.138 e. The molecule has 4 nitrogen and oxygen atoms in total. The lowest BCUT2D eigenvalue weighted by molar-refractivity contribution is 0.242. The van der Waals surface area contributed by atoms with Gasteiger partial charge in [0, 0.05) is 30.2 Å². The molecule has 5 heteroatoms. The Morgan fingerprint density at radius 2 is 2.30 bits per heavy atom. The van der Waals surface area contributed by atoms with E-state index in [2.05, 4.69) is 17.0 Å². The molecular formula is C15H18ClN3O. The number of nitrogens with one attached hydrogen (secondary N) is 1. The molecule has 0 aliphatic rings. The standard InChI is InChI=1S/C15H18ClN3O/c1-4-19-10-12(9-18-19)8-17-13-5-6-15(14(16)7-13)20-11(2)3/h4-7,9-11,17H,1,8H2,2-3H3. The van der Waals surface area contributed by atoms with Gasteiger partial charge in [0.25, 0.3) is 0 Å². The maximum absolute atomic E-state index is 6.19. The zero-order valence-corrected chi connectivity index (χ0v) is 12.4. The van der Waals surface area contributed by atoms with Crippen LogP contribution in [0.5, 0.6) is 5.75 Å². The van der Waals surface area contributed by atoms with E-state index >= 15 is 0 Å². The topological polar surface area (TPSA) is 39.1 Å². The van der Waals surface area contributed by atoms with Crippen molar-refractivity contribution in [2.45, 2.75) is 26.5 Å². The van der Waals surface area contributed by atoms with Crippen molar-refractivity contribution in [1.29, 1.82) is 0 Å². The Labute approximate surface area is 124 Å². The van der Waals surface area contributed by atoms with E-state index in [1.165, 1.54) is 0 Å². The molecule has 0 aliphatic heterocycles. The van der Waals surface area contributed by atoms with Crippen molar-refractivity contribution in [3.63, 3.8) is 0 Å². The number of anilines is 1. The lowest BCUT2D eigenvalue weighted by Crippen LogP contribution is -2.06. The first-order chi connectivity index (χ1) is 9.58. The van der Waals surface area contributed by atoms with Crippen LogP contribution in [0.25, 0.3) is 6.20 Å². The first-order valence-electron chi connectivity index (χ1n) is 6.44. The second-order valence-corrected chi connectivity index (χ2v) is 5.08. The summed E-state index contributed by atoms with van der Waals surface area (Å²) in [6, 6.07) is 5.68. The van der Waals surface area contributed by atoms with Gasteiger partial charge in [0.05, 0.1) is 17.3 Å².